The predicted octanol–water partition coefficient (Wildman–Crippen LogP) is 3.34. The molecule has 0 radical (unpaired) electrons. The van der Waals surface area contributed by atoms with Gasteiger partial charge in [-0.15, -0.1) is 0 Å². The zero-order valence-corrected chi connectivity index (χ0v) is 18.7. The first-order valence-corrected chi connectivity index (χ1v) is 12.0. The number of ether oxygens (including phenoxy) is 1. The van der Waals surface area contributed by atoms with Gasteiger partial charge < -0.3 is 15.0 Å². The molecule has 8 heteroatoms. The predicted molar refractivity (Wildman–Crippen MR) is 121 cm³/mol. The number of carbonyl (C=O) groups excluding carboxylic acids is 1. The van der Waals surface area contributed by atoms with Crippen molar-refractivity contribution in [2.24, 2.45) is 5.92 Å². The number of benzene rings is 2. The van der Waals surface area contributed by atoms with E-state index in [0.717, 1.165) is 29.7 Å². The third-order valence-corrected chi connectivity index (χ3v) is 7.07. The number of nitrogens with zero attached hydrogens (tertiary/aromatic N) is 1. The monoisotopic (exact) mass is 441 g/mol. The van der Waals surface area contributed by atoms with Crippen LogP contribution in [0.2, 0.25) is 0 Å². The summed E-state index contributed by atoms with van der Waals surface area (Å²) in [6, 6.07) is 12.7. The maximum Gasteiger partial charge on any atom is 0.244 e. The minimum atomic E-state index is -3.42. The van der Waals surface area contributed by atoms with Crippen LogP contribution in [0, 0.1) is 12.8 Å². The second kappa shape index (κ2) is 8.36. The lowest BCUT2D eigenvalue weighted by Gasteiger charge is -2.32. The van der Waals surface area contributed by atoms with Gasteiger partial charge in [-0.05, 0) is 62.7 Å². The number of hydrogen-bond donors (Lipinski definition) is 2. The Morgan fingerprint density at radius 2 is 1.94 bits per heavy atom. The van der Waals surface area contributed by atoms with Crippen LogP contribution in [0.15, 0.2) is 48.7 Å². The van der Waals surface area contributed by atoms with E-state index in [-0.39, 0.29) is 23.6 Å². The highest BCUT2D eigenvalue weighted by molar-refractivity contribution is 7.92. The van der Waals surface area contributed by atoms with Crippen LogP contribution in [0.1, 0.15) is 24.5 Å². The third kappa shape index (κ3) is 4.45. The zero-order valence-electron chi connectivity index (χ0n) is 17.9. The number of nitrogens with one attached hydrogen (secondary N) is 2. The summed E-state index contributed by atoms with van der Waals surface area (Å²) in [5.41, 5.74) is 3.33. The Morgan fingerprint density at radius 1 is 1.19 bits per heavy atom. The molecule has 2 aromatic rings. The van der Waals surface area contributed by atoms with E-state index in [0.29, 0.717) is 17.2 Å². The molecule has 164 valence electrons. The van der Waals surface area contributed by atoms with E-state index < -0.39 is 10.0 Å². The van der Waals surface area contributed by atoms with Crippen molar-refractivity contribution in [3.05, 3.63) is 59.8 Å². The maximum absolute atomic E-state index is 12.6. The van der Waals surface area contributed by atoms with Crippen LogP contribution in [-0.2, 0) is 14.8 Å². The Kier molecular flexibility index (Phi) is 5.77. The molecule has 0 spiro atoms. The largest absolute Gasteiger partial charge is 0.457 e. The van der Waals surface area contributed by atoms with Gasteiger partial charge in [0, 0.05) is 30.4 Å². The van der Waals surface area contributed by atoms with Gasteiger partial charge in [-0.2, -0.15) is 0 Å². The normalized spacial score (nSPS) is 20.9. The van der Waals surface area contributed by atoms with Crippen molar-refractivity contribution < 1.29 is 17.9 Å². The number of rotatable bonds is 6. The Balaban J connectivity index is 1.79. The summed E-state index contributed by atoms with van der Waals surface area (Å²) in [5, 5.41) is 3.29. The first-order chi connectivity index (χ1) is 14.8. The summed E-state index contributed by atoms with van der Waals surface area (Å²) in [6.45, 7) is 4.36. The van der Waals surface area contributed by atoms with E-state index in [1.807, 2.05) is 37.4 Å². The van der Waals surface area contributed by atoms with E-state index in [4.69, 9.17) is 4.74 Å². The molecule has 2 aliphatic rings. The summed E-state index contributed by atoms with van der Waals surface area (Å²) in [6.07, 6.45) is 2.66. The average Bonchev–Trinajstić information content (AvgIpc) is 3.23. The number of sulfonamides is 1. The molecule has 0 aromatic heterocycles. The van der Waals surface area contributed by atoms with Gasteiger partial charge in [-0.1, -0.05) is 17.7 Å². The first kappa shape index (κ1) is 21.4. The molecule has 1 amide bonds. The summed E-state index contributed by atoms with van der Waals surface area (Å²) >= 11 is 0. The fraction of sp³-hybridized carbons (Fsp3) is 0.348. The van der Waals surface area contributed by atoms with Gasteiger partial charge in [0.05, 0.1) is 11.8 Å². The maximum atomic E-state index is 12.6. The Hall–Kier alpha value is -2.84. The van der Waals surface area contributed by atoms with Crippen molar-refractivity contribution in [3.63, 3.8) is 0 Å². The Morgan fingerprint density at radius 3 is 2.65 bits per heavy atom. The zero-order chi connectivity index (χ0) is 22.2. The molecule has 1 fully saturated rings. The van der Waals surface area contributed by atoms with Crippen LogP contribution in [0.4, 0.5) is 5.69 Å². The van der Waals surface area contributed by atoms with E-state index >= 15 is 0 Å². The van der Waals surface area contributed by atoms with Crippen LogP contribution in [0.25, 0.3) is 5.57 Å². The Labute approximate surface area is 183 Å². The minimum Gasteiger partial charge on any atom is -0.457 e. The van der Waals surface area contributed by atoms with Gasteiger partial charge in [-0.3, -0.25) is 9.52 Å². The fourth-order valence-electron chi connectivity index (χ4n) is 4.05. The van der Waals surface area contributed by atoms with Gasteiger partial charge in [-0.25, -0.2) is 8.42 Å². The smallest absolute Gasteiger partial charge is 0.244 e. The third-order valence-electron chi connectivity index (χ3n) is 5.76. The van der Waals surface area contributed by atoms with Gasteiger partial charge in [0.1, 0.15) is 11.5 Å². The molecule has 1 saturated heterocycles. The van der Waals surface area contributed by atoms with Crippen molar-refractivity contribution in [2.75, 3.05) is 24.1 Å². The molecule has 4 rings (SSSR count). The fourth-order valence-corrected chi connectivity index (χ4v) is 4.68. The molecule has 2 N–H and O–H groups in total. The number of carbonyl (C=O) groups is 1. The average molecular weight is 442 g/mol. The lowest BCUT2D eigenvalue weighted by molar-refractivity contribution is -0.130. The van der Waals surface area contributed by atoms with E-state index in [1.165, 1.54) is 0 Å². The molecular formula is C23H27N3O4S. The van der Waals surface area contributed by atoms with Crippen molar-refractivity contribution in [1.29, 1.82) is 0 Å². The topological polar surface area (TPSA) is 87.7 Å². The summed E-state index contributed by atoms with van der Waals surface area (Å²) in [5.74, 6) is 1.33. The molecule has 2 aromatic carbocycles. The SMILES string of the molecule is CCS(=O)(=O)Nc1ccc(Oc2ccc(C)cc2)c(C2=CN(C)C(=O)C3NCCC23)c1. The summed E-state index contributed by atoms with van der Waals surface area (Å²) in [7, 11) is -1.68. The van der Waals surface area contributed by atoms with Crippen LogP contribution in [0.3, 0.4) is 0 Å². The molecule has 7 nitrogen and oxygen atoms in total. The molecule has 2 aliphatic heterocycles. The standard InChI is InChI=1S/C23H27N3O4S/c1-4-31(28,29)25-16-7-10-21(30-17-8-5-15(2)6-9-17)19(13-16)20-14-26(3)23(27)22-18(20)11-12-24-22/h5-10,13-14,18,22,24-25H,4,11-12H2,1-3H3. The molecule has 0 bridgehead atoms. The number of hydrogen-bond acceptors (Lipinski definition) is 5. The highest BCUT2D eigenvalue weighted by Crippen LogP contribution is 2.42. The Bertz CT molecular complexity index is 1130. The van der Waals surface area contributed by atoms with Crippen molar-refractivity contribution >= 4 is 27.2 Å². The van der Waals surface area contributed by atoms with Crippen molar-refractivity contribution in [3.8, 4) is 11.5 Å². The quantitative estimate of drug-likeness (QED) is 0.718. The molecule has 2 unspecified atom stereocenters. The van der Waals surface area contributed by atoms with E-state index in [1.54, 1.807) is 37.1 Å². The van der Waals surface area contributed by atoms with Crippen molar-refractivity contribution in [1.82, 2.24) is 10.2 Å². The van der Waals surface area contributed by atoms with Crippen LogP contribution < -0.4 is 14.8 Å². The van der Waals surface area contributed by atoms with E-state index in [9.17, 15) is 13.2 Å². The molecule has 31 heavy (non-hydrogen) atoms. The highest BCUT2D eigenvalue weighted by atomic mass is 32.2. The number of amides is 1. The van der Waals surface area contributed by atoms with Crippen LogP contribution in [-0.4, -0.2) is 44.6 Å². The molecule has 2 atom stereocenters. The number of likely N-dealkylation sites (N-methyl/N-ethyl adjacent to an activating group) is 1. The first-order valence-electron chi connectivity index (χ1n) is 10.4. The molecule has 2 heterocycles. The lowest BCUT2D eigenvalue weighted by Crippen LogP contribution is -2.46. The second-order valence-electron chi connectivity index (χ2n) is 7.99. The number of anilines is 1. The lowest BCUT2D eigenvalue weighted by atomic mass is 9.84. The van der Waals surface area contributed by atoms with Crippen LogP contribution in [0.5, 0.6) is 11.5 Å². The molecule has 0 aliphatic carbocycles. The second-order valence-corrected chi connectivity index (χ2v) is 10.0. The van der Waals surface area contributed by atoms with Crippen LogP contribution >= 0.6 is 0 Å². The van der Waals surface area contributed by atoms with Gasteiger partial charge >= 0.3 is 0 Å². The summed E-state index contributed by atoms with van der Waals surface area (Å²) in [4.78, 5) is 14.2. The summed E-state index contributed by atoms with van der Waals surface area (Å²) < 4.78 is 33.1. The van der Waals surface area contributed by atoms with Gasteiger partial charge in [0.15, 0.2) is 0 Å². The van der Waals surface area contributed by atoms with Gasteiger partial charge in [0.2, 0.25) is 15.9 Å². The van der Waals surface area contributed by atoms with Crippen molar-refractivity contribution in [2.45, 2.75) is 26.3 Å². The van der Waals surface area contributed by atoms with Gasteiger partial charge in [0.25, 0.3) is 0 Å². The van der Waals surface area contributed by atoms with E-state index in [2.05, 4.69) is 10.0 Å². The number of aryl methyl sites for hydroxylation is 1. The molecule has 0 saturated carbocycles. The minimum absolute atomic E-state index is 0.00194. The number of fused-ring (bicyclic) bond motifs is 1. The highest BCUT2D eigenvalue weighted by Gasteiger charge is 2.41. The molecular weight excluding hydrogens is 414 g/mol.